The van der Waals surface area contributed by atoms with Crippen LogP contribution >= 0.6 is 0 Å². The van der Waals surface area contributed by atoms with Crippen LogP contribution < -0.4 is 0 Å². The lowest BCUT2D eigenvalue weighted by Crippen LogP contribution is -2.05. The Balaban J connectivity index is 2.18. The van der Waals surface area contributed by atoms with Crippen LogP contribution in [0, 0.1) is 0 Å². The van der Waals surface area contributed by atoms with Crippen molar-refractivity contribution in [1.29, 1.82) is 0 Å². The van der Waals surface area contributed by atoms with Gasteiger partial charge in [0, 0.05) is 18.0 Å². The molecule has 0 bridgehead atoms. The summed E-state index contributed by atoms with van der Waals surface area (Å²) in [4.78, 5) is 11.5. The first kappa shape index (κ1) is 11.3. The maximum Gasteiger partial charge on any atom is 0.336 e. The molecule has 20 heavy (non-hydrogen) atoms. The average Bonchev–Trinajstić information content (AvgIpc) is 3.02. The second kappa shape index (κ2) is 3.72. The van der Waals surface area contributed by atoms with Crippen molar-refractivity contribution in [3.05, 3.63) is 41.1 Å². The van der Waals surface area contributed by atoms with Crippen LogP contribution in [-0.4, -0.2) is 25.8 Å². The van der Waals surface area contributed by atoms with Gasteiger partial charge < -0.3 is 9.67 Å². The molecule has 0 atom stereocenters. The van der Waals surface area contributed by atoms with Crippen LogP contribution in [0.15, 0.2) is 24.4 Å². The quantitative estimate of drug-likeness (QED) is 0.711. The molecule has 0 saturated heterocycles. The highest BCUT2D eigenvalue weighted by atomic mass is 16.4. The first-order chi connectivity index (χ1) is 9.68. The Labute approximate surface area is 114 Å². The number of H-pyrrole nitrogens is 1. The van der Waals surface area contributed by atoms with E-state index in [-0.39, 0.29) is 0 Å². The first-order valence-electron chi connectivity index (χ1n) is 6.54. The Kier molecular flexibility index (Phi) is 2.10. The van der Waals surface area contributed by atoms with E-state index in [9.17, 15) is 9.90 Å². The van der Waals surface area contributed by atoms with E-state index in [0.29, 0.717) is 5.56 Å². The third kappa shape index (κ3) is 1.27. The summed E-state index contributed by atoms with van der Waals surface area (Å²) in [6.07, 6.45) is 3.60. The Bertz CT molecular complexity index is 858. The van der Waals surface area contributed by atoms with E-state index in [1.807, 2.05) is 19.3 Å². The third-order valence-electron chi connectivity index (χ3n) is 4.16. The molecule has 0 unspecified atom stereocenters. The van der Waals surface area contributed by atoms with E-state index in [2.05, 4.69) is 14.8 Å². The molecule has 1 aromatic carbocycles. The van der Waals surface area contributed by atoms with Crippen LogP contribution in [0.2, 0.25) is 0 Å². The zero-order valence-electron chi connectivity index (χ0n) is 11.0. The molecule has 1 aliphatic rings. The summed E-state index contributed by atoms with van der Waals surface area (Å²) >= 11 is 0. The van der Waals surface area contributed by atoms with Crippen molar-refractivity contribution in [2.24, 2.45) is 7.05 Å². The summed E-state index contributed by atoms with van der Waals surface area (Å²) in [6, 6.07) is 5.44. The number of nitrogens with zero attached hydrogens (tertiary/aromatic N) is 2. The van der Waals surface area contributed by atoms with Crippen molar-refractivity contribution in [3.63, 3.8) is 0 Å². The minimum Gasteiger partial charge on any atom is -0.478 e. The molecule has 100 valence electrons. The van der Waals surface area contributed by atoms with Gasteiger partial charge in [0.25, 0.3) is 0 Å². The van der Waals surface area contributed by atoms with Gasteiger partial charge in [-0.3, -0.25) is 5.10 Å². The molecule has 2 heterocycles. The van der Waals surface area contributed by atoms with Gasteiger partial charge in [-0.25, -0.2) is 4.79 Å². The summed E-state index contributed by atoms with van der Waals surface area (Å²) in [6.45, 7) is 0. The summed E-state index contributed by atoms with van der Waals surface area (Å²) < 4.78 is 2.06. The second-order valence-electron chi connectivity index (χ2n) is 5.16. The number of hydrogen-bond donors (Lipinski definition) is 2. The predicted molar refractivity (Wildman–Crippen MR) is 74.9 cm³/mol. The molecule has 0 spiro atoms. The Morgan fingerprint density at radius 2 is 2.25 bits per heavy atom. The number of carboxylic acids is 1. The number of aromatic carboxylic acids is 1. The molecule has 3 aromatic rings. The molecule has 2 aromatic heterocycles. The lowest BCUT2D eigenvalue weighted by Gasteiger charge is -2.13. The zero-order chi connectivity index (χ0) is 13.9. The van der Waals surface area contributed by atoms with Gasteiger partial charge in [0.1, 0.15) is 0 Å². The SMILES string of the molecule is Cn1c2c(c3c(C(=O)O)cccc31)CCc1cn[nH]c1-2. The van der Waals surface area contributed by atoms with Crippen LogP contribution in [0.3, 0.4) is 0 Å². The van der Waals surface area contributed by atoms with Crippen molar-refractivity contribution in [3.8, 4) is 11.4 Å². The number of fused-ring (bicyclic) bond motifs is 5. The highest BCUT2D eigenvalue weighted by Gasteiger charge is 2.26. The largest absolute Gasteiger partial charge is 0.478 e. The number of rotatable bonds is 1. The summed E-state index contributed by atoms with van der Waals surface area (Å²) in [5.74, 6) is -0.876. The minimum atomic E-state index is -0.876. The number of benzene rings is 1. The van der Waals surface area contributed by atoms with Gasteiger partial charge in [0.2, 0.25) is 0 Å². The molecule has 0 radical (unpaired) electrons. The number of hydrogen-bond acceptors (Lipinski definition) is 2. The van der Waals surface area contributed by atoms with E-state index in [0.717, 1.165) is 40.7 Å². The molecule has 5 heteroatoms. The maximum absolute atomic E-state index is 11.5. The van der Waals surface area contributed by atoms with Crippen LogP contribution in [0.1, 0.15) is 21.5 Å². The van der Waals surface area contributed by atoms with E-state index < -0.39 is 5.97 Å². The molecular weight excluding hydrogens is 254 g/mol. The number of aryl methyl sites for hydroxylation is 3. The van der Waals surface area contributed by atoms with E-state index in [4.69, 9.17) is 0 Å². The Hall–Kier alpha value is -2.56. The highest BCUT2D eigenvalue weighted by molar-refractivity contribution is 6.07. The molecule has 2 N–H and O–H groups in total. The lowest BCUT2D eigenvalue weighted by molar-refractivity contribution is 0.0699. The van der Waals surface area contributed by atoms with E-state index in [1.54, 1.807) is 12.1 Å². The standard InChI is InChI=1S/C15H13N3O2/c1-18-11-4-2-3-10(15(19)20)12(11)9-6-5-8-7-16-17-13(8)14(9)18/h2-4,7H,5-6H2,1H3,(H,16,17)(H,19,20). The van der Waals surface area contributed by atoms with Crippen LogP contribution in [0.4, 0.5) is 0 Å². The summed E-state index contributed by atoms with van der Waals surface area (Å²) in [5, 5.41) is 17.4. The van der Waals surface area contributed by atoms with Crippen LogP contribution in [-0.2, 0) is 19.9 Å². The van der Waals surface area contributed by atoms with Crippen molar-refractivity contribution in [2.45, 2.75) is 12.8 Å². The third-order valence-corrected chi connectivity index (χ3v) is 4.16. The summed E-state index contributed by atoms with van der Waals surface area (Å²) in [5.41, 5.74) is 5.71. The van der Waals surface area contributed by atoms with Crippen molar-refractivity contribution >= 4 is 16.9 Å². The van der Waals surface area contributed by atoms with Gasteiger partial charge in [-0.15, -0.1) is 0 Å². The van der Waals surface area contributed by atoms with Gasteiger partial charge in [0.05, 0.1) is 23.1 Å². The first-order valence-corrected chi connectivity index (χ1v) is 6.54. The smallest absolute Gasteiger partial charge is 0.336 e. The Morgan fingerprint density at radius 1 is 1.40 bits per heavy atom. The monoisotopic (exact) mass is 267 g/mol. The zero-order valence-corrected chi connectivity index (χ0v) is 11.0. The van der Waals surface area contributed by atoms with Crippen LogP contribution in [0.25, 0.3) is 22.3 Å². The topological polar surface area (TPSA) is 70.9 Å². The molecule has 0 fully saturated rings. The number of aromatic amines is 1. The van der Waals surface area contributed by atoms with Gasteiger partial charge in [-0.05, 0) is 36.1 Å². The van der Waals surface area contributed by atoms with Crippen molar-refractivity contribution in [1.82, 2.24) is 14.8 Å². The van der Waals surface area contributed by atoms with Crippen LogP contribution in [0.5, 0.6) is 0 Å². The molecule has 4 rings (SSSR count). The van der Waals surface area contributed by atoms with Crippen molar-refractivity contribution < 1.29 is 9.90 Å². The molecule has 5 nitrogen and oxygen atoms in total. The average molecular weight is 267 g/mol. The molecule has 1 aliphatic carbocycles. The van der Waals surface area contributed by atoms with E-state index >= 15 is 0 Å². The van der Waals surface area contributed by atoms with Gasteiger partial charge in [0.15, 0.2) is 0 Å². The molecule has 0 amide bonds. The molecule has 0 saturated carbocycles. The highest BCUT2D eigenvalue weighted by Crippen LogP contribution is 2.39. The summed E-state index contributed by atoms with van der Waals surface area (Å²) in [7, 11) is 1.97. The maximum atomic E-state index is 11.5. The number of nitrogens with one attached hydrogen (secondary N) is 1. The van der Waals surface area contributed by atoms with Gasteiger partial charge >= 0.3 is 5.97 Å². The molecule has 0 aliphatic heterocycles. The lowest BCUT2D eigenvalue weighted by atomic mass is 9.92. The number of aromatic nitrogens is 3. The number of carbonyl (C=O) groups is 1. The second-order valence-corrected chi connectivity index (χ2v) is 5.16. The van der Waals surface area contributed by atoms with Gasteiger partial charge in [-0.2, -0.15) is 5.10 Å². The minimum absolute atomic E-state index is 0.377. The van der Waals surface area contributed by atoms with Crippen molar-refractivity contribution in [2.75, 3.05) is 0 Å². The molecular formula is C15H13N3O2. The predicted octanol–water partition coefficient (Wildman–Crippen LogP) is 2.37. The number of carboxylic acid groups (broad SMARTS) is 1. The fourth-order valence-electron chi connectivity index (χ4n) is 3.28. The van der Waals surface area contributed by atoms with E-state index in [1.165, 1.54) is 5.56 Å². The normalized spacial score (nSPS) is 13.2. The Morgan fingerprint density at radius 3 is 3.05 bits per heavy atom. The van der Waals surface area contributed by atoms with Gasteiger partial charge in [-0.1, -0.05) is 6.07 Å². The fourth-order valence-corrected chi connectivity index (χ4v) is 3.28. The fraction of sp³-hybridized carbons (Fsp3) is 0.200.